The van der Waals surface area contributed by atoms with E-state index in [9.17, 15) is 14.4 Å². The molecule has 1 aliphatic heterocycles. The highest BCUT2D eigenvalue weighted by molar-refractivity contribution is 6.02. The summed E-state index contributed by atoms with van der Waals surface area (Å²) in [6.45, 7) is 2.64. The minimum absolute atomic E-state index is 0.0146. The lowest BCUT2D eigenvalue weighted by Gasteiger charge is -2.20. The highest BCUT2D eigenvalue weighted by atomic mass is 16.4. The summed E-state index contributed by atoms with van der Waals surface area (Å²) in [5.74, 6) is -1.10. The molecule has 0 aromatic carbocycles. The number of carboxylic acids is 1. The minimum atomic E-state index is -1.33. The van der Waals surface area contributed by atoms with Gasteiger partial charge in [0.25, 0.3) is 0 Å². The van der Waals surface area contributed by atoms with Gasteiger partial charge in [0.05, 0.1) is 10.9 Å². The zero-order valence-electron chi connectivity index (χ0n) is 12.5. The Morgan fingerprint density at radius 1 is 1.43 bits per heavy atom. The number of carbonyl (C=O) groups excluding carboxylic acids is 1. The van der Waals surface area contributed by atoms with Gasteiger partial charge in [-0.05, 0) is 19.4 Å². The number of aromatic carboxylic acids is 1. The van der Waals surface area contributed by atoms with Crippen molar-refractivity contribution in [2.24, 2.45) is 5.73 Å². The fourth-order valence-electron chi connectivity index (χ4n) is 2.78. The van der Waals surface area contributed by atoms with E-state index in [4.69, 9.17) is 10.8 Å². The van der Waals surface area contributed by atoms with Crippen molar-refractivity contribution in [3.63, 3.8) is 0 Å². The number of carboxylic acid groups (broad SMARTS) is 1. The highest BCUT2D eigenvalue weighted by Crippen LogP contribution is 2.25. The number of nitrogens with two attached hydrogens (primary N) is 1. The molecule has 1 aliphatic rings. The summed E-state index contributed by atoms with van der Waals surface area (Å²) in [5, 5.41) is 9.12. The number of carbonyl (C=O) groups is 2. The molecule has 23 heavy (non-hydrogen) atoms. The molecule has 3 heterocycles. The normalized spacial score (nSPS) is 17.7. The van der Waals surface area contributed by atoms with Gasteiger partial charge in [0, 0.05) is 25.3 Å². The van der Waals surface area contributed by atoms with Crippen molar-refractivity contribution < 1.29 is 14.7 Å². The van der Waals surface area contributed by atoms with Crippen LogP contribution in [0.5, 0.6) is 0 Å². The number of ketones is 1. The lowest BCUT2D eigenvalue weighted by Crippen LogP contribution is -2.28. The Morgan fingerprint density at radius 3 is 2.74 bits per heavy atom. The number of anilines is 1. The lowest BCUT2D eigenvalue weighted by atomic mass is 10.1. The quantitative estimate of drug-likeness (QED) is 0.697. The van der Waals surface area contributed by atoms with Crippen molar-refractivity contribution in [1.29, 1.82) is 0 Å². The predicted octanol–water partition coefficient (Wildman–Crippen LogP) is 0.361. The zero-order valence-corrected chi connectivity index (χ0v) is 12.5. The number of aromatic nitrogens is 2. The van der Waals surface area contributed by atoms with Gasteiger partial charge in [0.15, 0.2) is 5.78 Å². The van der Waals surface area contributed by atoms with E-state index in [1.165, 1.54) is 13.0 Å². The van der Waals surface area contributed by atoms with Crippen LogP contribution in [0.2, 0.25) is 0 Å². The molecule has 2 aromatic rings. The second kappa shape index (κ2) is 5.47. The van der Waals surface area contributed by atoms with Crippen molar-refractivity contribution in [3.05, 3.63) is 33.6 Å². The average Bonchev–Trinajstić information content (AvgIpc) is 2.92. The Bertz CT molecular complexity index is 874. The number of nitrogens with zero attached hydrogens (tertiary/aromatic N) is 2. The van der Waals surface area contributed by atoms with Crippen LogP contribution in [-0.2, 0) is 0 Å². The van der Waals surface area contributed by atoms with Gasteiger partial charge in [0.1, 0.15) is 17.0 Å². The first-order valence-corrected chi connectivity index (χ1v) is 7.19. The number of nitrogens with one attached hydrogen (secondary N) is 1. The molecule has 120 valence electrons. The molecule has 2 aromatic heterocycles. The molecule has 8 nitrogen and oxygen atoms in total. The van der Waals surface area contributed by atoms with Gasteiger partial charge >= 0.3 is 5.97 Å². The molecule has 1 saturated heterocycles. The summed E-state index contributed by atoms with van der Waals surface area (Å²) in [5.41, 5.74) is 5.40. The van der Waals surface area contributed by atoms with Gasteiger partial charge in [-0.15, -0.1) is 0 Å². The molecule has 0 saturated carbocycles. The molecule has 1 atom stereocenters. The van der Waals surface area contributed by atoms with Crippen LogP contribution in [0.3, 0.4) is 0 Å². The van der Waals surface area contributed by atoms with E-state index in [0.717, 1.165) is 12.6 Å². The monoisotopic (exact) mass is 316 g/mol. The standard InChI is InChI=1S/C15H16N4O4/c1-7(20)9-4-10-12(21)11(15(22)23)5-17-13(10)18-14(9)19-3-2-8(16)6-19/h4-5,8H,2-3,6,16H2,1H3,(H,22,23)(H,17,18,21). The number of pyridine rings is 2. The molecule has 8 heteroatoms. The largest absolute Gasteiger partial charge is 0.477 e. The number of fused-ring (bicyclic) bond motifs is 1. The molecule has 0 radical (unpaired) electrons. The van der Waals surface area contributed by atoms with Gasteiger partial charge < -0.3 is 20.7 Å². The summed E-state index contributed by atoms with van der Waals surface area (Å²) in [4.78, 5) is 44.3. The van der Waals surface area contributed by atoms with Gasteiger partial charge in [-0.2, -0.15) is 0 Å². The summed E-state index contributed by atoms with van der Waals surface area (Å²) < 4.78 is 0. The molecule has 1 unspecified atom stereocenters. The van der Waals surface area contributed by atoms with Crippen LogP contribution in [0.1, 0.15) is 34.1 Å². The molecule has 0 amide bonds. The summed E-state index contributed by atoms with van der Waals surface area (Å²) >= 11 is 0. The third kappa shape index (κ3) is 2.57. The van der Waals surface area contributed by atoms with Gasteiger partial charge in [-0.3, -0.25) is 9.59 Å². The van der Waals surface area contributed by atoms with Crippen molar-refractivity contribution in [2.45, 2.75) is 19.4 Å². The predicted molar refractivity (Wildman–Crippen MR) is 84.1 cm³/mol. The van der Waals surface area contributed by atoms with E-state index in [1.54, 1.807) is 0 Å². The summed E-state index contributed by atoms with van der Waals surface area (Å²) in [6.07, 6.45) is 1.92. The fourth-order valence-corrected chi connectivity index (χ4v) is 2.78. The van der Waals surface area contributed by atoms with E-state index < -0.39 is 11.4 Å². The van der Waals surface area contributed by atoms with Gasteiger partial charge in [-0.25, -0.2) is 9.78 Å². The summed E-state index contributed by atoms with van der Waals surface area (Å²) in [7, 11) is 0. The smallest absolute Gasteiger partial charge is 0.341 e. The third-order valence-corrected chi connectivity index (χ3v) is 3.98. The van der Waals surface area contributed by atoms with Crippen LogP contribution in [0.4, 0.5) is 5.82 Å². The van der Waals surface area contributed by atoms with E-state index in [1.807, 2.05) is 4.90 Å². The lowest BCUT2D eigenvalue weighted by molar-refractivity contribution is 0.0695. The molecule has 0 aliphatic carbocycles. The van der Waals surface area contributed by atoms with E-state index in [2.05, 4.69) is 9.97 Å². The van der Waals surface area contributed by atoms with Crippen LogP contribution in [-0.4, -0.2) is 46.0 Å². The molecule has 0 bridgehead atoms. The SMILES string of the molecule is CC(=O)c1cc2c(=O)c(C(=O)O)c[nH]c2nc1N1CCC(N)C1. The molecule has 1 fully saturated rings. The highest BCUT2D eigenvalue weighted by Gasteiger charge is 2.25. The van der Waals surface area contributed by atoms with Crippen LogP contribution in [0, 0.1) is 0 Å². The first kappa shape index (κ1) is 15.2. The maximum Gasteiger partial charge on any atom is 0.341 e. The van der Waals surface area contributed by atoms with Crippen molar-refractivity contribution in [2.75, 3.05) is 18.0 Å². The Morgan fingerprint density at radius 2 is 2.17 bits per heavy atom. The number of hydrogen-bond acceptors (Lipinski definition) is 6. The zero-order chi connectivity index (χ0) is 16.7. The van der Waals surface area contributed by atoms with E-state index >= 15 is 0 Å². The second-order valence-electron chi connectivity index (χ2n) is 5.64. The first-order valence-electron chi connectivity index (χ1n) is 7.19. The Labute approximate surface area is 130 Å². The average molecular weight is 316 g/mol. The minimum Gasteiger partial charge on any atom is -0.477 e. The van der Waals surface area contributed by atoms with Crippen LogP contribution >= 0.6 is 0 Å². The fraction of sp³-hybridized carbons (Fsp3) is 0.333. The van der Waals surface area contributed by atoms with E-state index in [0.29, 0.717) is 24.5 Å². The Kier molecular flexibility index (Phi) is 3.61. The molecular weight excluding hydrogens is 300 g/mol. The molecule has 4 N–H and O–H groups in total. The van der Waals surface area contributed by atoms with Gasteiger partial charge in [-0.1, -0.05) is 0 Å². The topological polar surface area (TPSA) is 129 Å². The van der Waals surface area contributed by atoms with Crippen LogP contribution in [0.15, 0.2) is 17.1 Å². The number of Topliss-reactive ketones (excluding diaryl/α,β-unsaturated/α-hetero) is 1. The molecular formula is C15H16N4O4. The number of aromatic amines is 1. The maximum atomic E-state index is 12.2. The third-order valence-electron chi connectivity index (χ3n) is 3.98. The van der Waals surface area contributed by atoms with Gasteiger partial charge in [0.2, 0.25) is 5.43 Å². The van der Waals surface area contributed by atoms with Crippen LogP contribution in [0.25, 0.3) is 11.0 Å². The van der Waals surface area contributed by atoms with Crippen LogP contribution < -0.4 is 16.1 Å². The van der Waals surface area contributed by atoms with Crippen molar-refractivity contribution in [3.8, 4) is 0 Å². The maximum absolute atomic E-state index is 12.2. The second-order valence-corrected chi connectivity index (χ2v) is 5.64. The number of H-pyrrole nitrogens is 1. The van der Waals surface area contributed by atoms with E-state index in [-0.39, 0.29) is 28.4 Å². The van der Waals surface area contributed by atoms with Crippen molar-refractivity contribution >= 4 is 28.6 Å². The Balaban J connectivity index is 2.24. The number of hydrogen-bond donors (Lipinski definition) is 3. The molecule has 3 rings (SSSR count). The summed E-state index contributed by atoms with van der Waals surface area (Å²) in [6, 6.07) is 1.43. The van der Waals surface area contributed by atoms with Crippen molar-refractivity contribution in [1.82, 2.24) is 9.97 Å². The molecule has 0 spiro atoms. The number of rotatable bonds is 3. The Hall–Kier alpha value is -2.74. The first-order chi connectivity index (χ1) is 10.9.